The van der Waals surface area contributed by atoms with Crippen molar-refractivity contribution >= 4 is 28.9 Å². The van der Waals surface area contributed by atoms with Gasteiger partial charge in [-0.25, -0.2) is 4.39 Å². The molecule has 178 valence electrons. The van der Waals surface area contributed by atoms with E-state index in [1.165, 1.54) is 6.07 Å². The first kappa shape index (κ1) is 24.6. The summed E-state index contributed by atoms with van der Waals surface area (Å²) in [6, 6.07) is 16.2. The molecule has 0 spiro atoms. The van der Waals surface area contributed by atoms with E-state index < -0.39 is 11.7 Å². The molecule has 0 aliphatic heterocycles. The van der Waals surface area contributed by atoms with Crippen LogP contribution in [0.5, 0.6) is 11.5 Å². The maximum atomic E-state index is 14.4. The number of carbonyl (C=O) groups excluding carboxylic acids is 2. The van der Waals surface area contributed by atoms with Crippen molar-refractivity contribution in [3.05, 3.63) is 77.6 Å². The van der Waals surface area contributed by atoms with Crippen molar-refractivity contribution in [2.24, 2.45) is 0 Å². The predicted molar refractivity (Wildman–Crippen MR) is 132 cm³/mol. The van der Waals surface area contributed by atoms with Crippen molar-refractivity contribution in [1.29, 1.82) is 0 Å². The number of benzene rings is 3. The van der Waals surface area contributed by atoms with E-state index in [4.69, 9.17) is 9.47 Å². The Morgan fingerprint density at radius 3 is 1.79 bits per heavy atom. The zero-order valence-corrected chi connectivity index (χ0v) is 19.6. The normalized spacial score (nSPS) is 10.4. The fraction of sp³-hybridized carbons (Fsp3) is 0.231. The molecule has 7 nitrogen and oxygen atoms in total. The summed E-state index contributed by atoms with van der Waals surface area (Å²) >= 11 is 0. The summed E-state index contributed by atoms with van der Waals surface area (Å²) in [5.41, 5.74) is 1.76. The van der Waals surface area contributed by atoms with E-state index in [9.17, 15) is 14.0 Å². The average Bonchev–Trinajstić information content (AvgIpc) is 2.82. The standard InChI is InChI=1S/C26H28FN3O4/c1-5-33-23-16-21(29-26(32)18-12-13-22(30(3)4)19(27)14-18)24(34-6-2)15-20(23)28-25(31)17-10-8-7-9-11-17/h7-16H,5-6H2,1-4H3,(H,28,31)(H,29,32). The molecular formula is C26H28FN3O4. The number of hydrogen-bond acceptors (Lipinski definition) is 5. The van der Waals surface area contributed by atoms with E-state index in [1.807, 2.05) is 13.0 Å². The van der Waals surface area contributed by atoms with Crippen LogP contribution in [0.15, 0.2) is 60.7 Å². The van der Waals surface area contributed by atoms with Crippen molar-refractivity contribution in [3.63, 3.8) is 0 Å². The third kappa shape index (κ3) is 5.83. The lowest BCUT2D eigenvalue weighted by Gasteiger charge is -2.18. The minimum atomic E-state index is -0.506. The monoisotopic (exact) mass is 465 g/mol. The summed E-state index contributed by atoms with van der Waals surface area (Å²) in [7, 11) is 3.44. The molecule has 0 atom stereocenters. The van der Waals surface area contributed by atoms with Crippen LogP contribution in [0.2, 0.25) is 0 Å². The summed E-state index contributed by atoms with van der Waals surface area (Å²) in [5, 5.41) is 5.60. The Hall–Kier alpha value is -4.07. The number of nitrogens with one attached hydrogen (secondary N) is 2. The molecule has 8 heteroatoms. The third-order valence-corrected chi connectivity index (χ3v) is 4.91. The quantitative estimate of drug-likeness (QED) is 0.454. The van der Waals surface area contributed by atoms with E-state index in [0.29, 0.717) is 47.3 Å². The Balaban J connectivity index is 1.92. The van der Waals surface area contributed by atoms with Gasteiger partial charge in [-0.15, -0.1) is 0 Å². The van der Waals surface area contributed by atoms with Crippen LogP contribution in [-0.2, 0) is 0 Å². The predicted octanol–water partition coefficient (Wildman–Crippen LogP) is 5.19. The molecule has 0 aromatic heterocycles. The number of hydrogen-bond donors (Lipinski definition) is 2. The van der Waals surface area contributed by atoms with E-state index >= 15 is 0 Å². The van der Waals surface area contributed by atoms with E-state index in [-0.39, 0.29) is 11.5 Å². The summed E-state index contributed by atoms with van der Waals surface area (Å²) in [4.78, 5) is 27.2. The van der Waals surface area contributed by atoms with E-state index in [0.717, 1.165) is 0 Å². The van der Waals surface area contributed by atoms with E-state index in [2.05, 4.69) is 10.6 Å². The number of carbonyl (C=O) groups is 2. The highest BCUT2D eigenvalue weighted by molar-refractivity contribution is 6.07. The zero-order valence-electron chi connectivity index (χ0n) is 19.6. The molecule has 3 aromatic carbocycles. The van der Waals surface area contributed by atoms with Gasteiger partial charge in [0.2, 0.25) is 0 Å². The highest BCUT2D eigenvalue weighted by Crippen LogP contribution is 2.37. The van der Waals surface area contributed by atoms with Gasteiger partial charge < -0.3 is 25.0 Å². The molecule has 0 saturated carbocycles. The number of ether oxygens (including phenoxy) is 2. The van der Waals surface area contributed by atoms with Crippen molar-refractivity contribution < 1.29 is 23.5 Å². The second-order valence-electron chi connectivity index (χ2n) is 7.55. The molecule has 0 heterocycles. The van der Waals surface area contributed by atoms with Crippen LogP contribution in [-0.4, -0.2) is 39.1 Å². The van der Waals surface area contributed by atoms with Crippen molar-refractivity contribution in [2.45, 2.75) is 13.8 Å². The minimum absolute atomic E-state index is 0.157. The van der Waals surface area contributed by atoms with Crippen molar-refractivity contribution in [2.75, 3.05) is 42.8 Å². The zero-order chi connectivity index (χ0) is 24.7. The highest BCUT2D eigenvalue weighted by atomic mass is 19.1. The smallest absolute Gasteiger partial charge is 0.255 e. The molecule has 0 radical (unpaired) electrons. The lowest BCUT2D eigenvalue weighted by atomic mass is 10.1. The Morgan fingerprint density at radius 2 is 1.32 bits per heavy atom. The van der Waals surface area contributed by atoms with Gasteiger partial charge in [-0.1, -0.05) is 18.2 Å². The first-order valence-corrected chi connectivity index (χ1v) is 10.9. The molecule has 0 aliphatic carbocycles. The Bertz CT molecular complexity index is 1170. The lowest BCUT2D eigenvalue weighted by molar-refractivity contribution is 0.101. The van der Waals surface area contributed by atoms with Gasteiger partial charge in [0.1, 0.15) is 17.3 Å². The van der Waals surface area contributed by atoms with Crippen LogP contribution in [0.4, 0.5) is 21.5 Å². The van der Waals surface area contributed by atoms with Crippen LogP contribution in [0, 0.1) is 5.82 Å². The van der Waals surface area contributed by atoms with Crippen molar-refractivity contribution in [3.8, 4) is 11.5 Å². The molecule has 2 amide bonds. The van der Waals surface area contributed by atoms with Crippen molar-refractivity contribution in [1.82, 2.24) is 0 Å². The van der Waals surface area contributed by atoms with Crippen LogP contribution >= 0.6 is 0 Å². The molecule has 34 heavy (non-hydrogen) atoms. The van der Waals surface area contributed by atoms with Crippen LogP contribution in [0.25, 0.3) is 0 Å². The van der Waals surface area contributed by atoms with Gasteiger partial charge in [0.05, 0.1) is 30.3 Å². The van der Waals surface area contributed by atoms with E-state index in [1.54, 1.807) is 74.4 Å². The van der Waals surface area contributed by atoms with Crippen LogP contribution in [0.3, 0.4) is 0 Å². The number of halogens is 1. The SMILES string of the molecule is CCOc1cc(NC(=O)c2ccc(N(C)C)c(F)c2)c(OCC)cc1NC(=O)c1ccccc1. The topological polar surface area (TPSA) is 79.9 Å². The Morgan fingerprint density at radius 1 is 0.794 bits per heavy atom. The molecule has 0 aliphatic rings. The molecule has 3 aromatic rings. The molecular weight excluding hydrogens is 437 g/mol. The highest BCUT2D eigenvalue weighted by Gasteiger charge is 2.18. The average molecular weight is 466 g/mol. The van der Waals surface area contributed by atoms with Gasteiger partial charge in [0, 0.05) is 37.4 Å². The first-order valence-electron chi connectivity index (χ1n) is 10.9. The number of rotatable bonds is 9. The van der Waals surface area contributed by atoms with Gasteiger partial charge in [0.25, 0.3) is 11.8 Å². The second-order valence-corrected chi connectivity index (χ2v) is 7.55. The van der Waals surface area contributed by atoms with Crippen LogP contribution < -0.4 is 25.0 Å². The Labute approximate surface area is 198 Å². The van der Waals surface area contributed by atoms with Gasteiger partial charge in [-0.05, 0) is 44.2 Å². The summed E-state index contributed by atoms with van der Waals surface area (Å²) in [5.74, 6) is -0.615. The summed E-state index contributed by atoms with van der Waals surface area (Å²) in [6.07, 6.45) is 0. The molecule has 0 unspecified atom stereocenters. The summed E-state index contributed by atoms with van der Waals surface area (Å²) in [6.45, 7) is 4.29. The largest absolute Gasteiger partial charge is 0.492 e. The number of amides is 2. The molecule has 0 saturated heterocycles. The third-order valence-electron chi connectivity index (χ3n) is 4.91. The molecule has 2 N–H and O–H groups in total. The maximum Gasteiger partial charge on any atom is 0.255 e. The fourth-order valence-electron chi connectivity index (χ4n) is 3.29. The summed E-state index contributed by atoms with van der Waals surface area (Å²) < 4.78 is 25.8. The van der Waals surface area contributed by atoms with Crippen LogP contribution in [0.1, 0.15) is 34.6 Å². The lowest BCUT2D eigenvalue weighted by Crippen LogP contribution is -2.16. The van der Waals surface area contributed by atoms with Gasteiger partial charge in [-0.2, -0.15) is 0 Å². The van der Waals surface area contributed by atoms with Gasteiger partial charge in [0.15, 0.2) is 0 Å². The number of nitrogens with zero attached hydrogens (tertiary/aromatic N) is 1. The molecule has 0 bridgehead atoms. The fourth-order valence-corrected chi connectivity index (χ4v) is 3.29. The minimum Gasteiger partial charge on any atom is -0.492 e. The molecule has 3 rings (SSSR count). The maximum absolute atomic E-state index is 14.4. The number of anilines is 3. The molecule has 0 fully saturated rings. The van der Waals surface area contributed by atoms with Gasteiger partial charge >= 0.3 is 0 Å². The first-order chi connectivity index (χ1) is 16.3. The Kier molecular flexibility index (Phi) is 8.08. The second kappa shape index (κ2) is 11.2. The van der Waals surface area contributed by atoms with Gasteiger partial charge in [-0.3, -0.25) is 9.59 Å².